The first-order valence-electron chi connectivity index (χ1n) is 10.9. The number of hydrogen-bond acceptors (Lipinski definition) is 3. The molecule has 0 aromatic heterocycles. The molecule has 2 atom stereocenters. The van der Waals surface area contributed by atoms with Crippen LogP contribution in [0.1, 0.15) is 23.6 Å². The fourth-order valence-corrected chi connectivity index (χ4v) is 3.98. The molecular weight excluding hydrogens is 400 g/mol. The first kappa shape index (κ1) is 21.6. The van der Waals surface area contributed by atoms with E-state index in [1.807, 2.05) is 78.9 Å². The Kier molecular flexibility index (Phi) is 7.15. The monoisotopic (exact) mass is 428 g/mol. The molecule has 3 aromatic rings. The Hall–Kier alpha value is -3.64. The van der Waals surface area contributed by atoms with Crippen LogP contribution in [0.25, 0.3) is 0 Å². The number of hydrogen-bond donors (Lipinski definition) is 3. The molecule has 3 N–H and O–H groups in total. The summed E-state index contributed by atoms with van der Waals surface area (Å²) in [4.78, 5) is 28.1. The topological polar surface area (TPSA) is 73.5 Å². The van der Waals surface area contributed by atoms with Crippen LogP contribution in [0.2, 0.25) is 0 Å². The molecular formula is C26H28N4O2. The van der Waals surface area contributed by atoms with Crippen LogP contribution in [0.15, 0.2) is 91.0 Å². The van der Waals surface area contributed by atoms with Crippen LogP contribution in [0.4, 0.5) is 10.5 Å². The Morgan fingerprint density at radius 2 is 1.50 bits per heavy atom. The maximum Gasteiger partial charge on any atom is 0.315 e. The third kappa shape index (κ3) is 5.95. The molecule has 164 valence electrons. The van der Waals surface area contributed by atoms with Crippen LogP contribution < -0.4 is 16.0 Å². The van der Waals surface area contributed by atoms with Crippen LogP contribution in [-0.4, -0.2) is 36.0 Å². The first-order valence-corrected chi connectivity index (χ1v) is 10.9. The van der Waals surface area contributed by atoms with Crippen molar-refractivity contribution >= 4 is 17.6 Å². The highest BCUT2D eigenvalue weighted by Crippen LogP contribution is 2.17. The highest BCUT2D eigenvalue weighted by Gasteiger charge is 2.27. The van der Waals surface area contributed by atoms with E-state index < -0.39 is 6.04 Å². The molecule has 32 heavy (non-hydrogen) atoms. The van der Waals surface area contributed by atoms with Gasteiger partial charge in [-0.05, 0) is 29.7 Å². The summed E-state index contributed by atoms with van der Waals surface area (Å²) in [7, 11) is 0. The Labute approximate surface area is 188 Å². The van der Waals surface area contributed by atoms with Crippen LogP contribution in [0.5, 0.6) is 0 Å². The standard InChI is InChI=1S/C26H28N4O2/c31-25(27-22-14-8-3-9-15-22)24(21-12-6-2-7-13-21)29-26(32)28-23-16-17-30(19-23)18-20-10-4-1-5-11-20/h1-15,23-24H,16-19H2,(H,27,31)(H2,28,29,32). The molecule has 0 bridgehead atoms. The zero-order chi connectivity index (χ0) is 22.2. The number of urea groups is 1. The second kappa shape index (κ2) is 10.6. The lowest BCUT2D eigenvalue weighted by Gasteiger charge is -2.21. The average molecular weight is 429 g/mol. The molecule has 1 aliphatic heterocycles. The van der Waals surface area contributed by atoms with Gasteiger partial charge in [-0.3, -0.25) is 9.69 Å². The van der Waals surface area contributed by atoms with Crippen molar-refractivity contribution in [1.82, 2.24) is 15.5 Å². The summed E-state index contributed by atoms with van der Waals surface area (Å²) in [5, 5.41) is 8.79. The maximum absolute atomic E-state index is 13.0. The van der Waals surface area contributed by atoms with E-state index in [2.05, 4.69) is 33.0 Å². The zero-order valence-corrected chi connectivity index (χ0v) is 17.9. The normalized spacial score (nSPS) is 16.8. The van der Waals surface area contributed by atoms with Crippen molar-refractivity contribution in [3.63, 3.8) is 0 Å². The van der Waals surface area contributed by atoms with Crippen molar-refractivity contribution in [2.45, 2.75) is 25.0 Å². The lowest BCUT2D eigenvalue weighted by Crippen LogP contribution is -2.47. The molecule has 3 amide bonds. The lowest BCUT2D eigenvalue weighted by molar-refractivity contribution is -0.118. The van der Waals surface area contributed by atoms with E-state index >= 15 is 0 Å². The third-order valence-corrected chi connectivity index (χ3v) is 5.57. The number of carbonyl (C=O) groups excluding carboxylic acids is 2. The number of anilines is 1. The van der Waals surface area contributed by atoms with Gasteiger partial charge in [0.2, 0.25) is 0 Å². The molecule has 1 fully saturated rings. The number of nitrogens with one attached hydrogen (secondary N) is 3. The molecule has 0 radical (unpaired) electrons. The molecule has 1 aliphatic rings. The number of rotatable bonds is 7. The predicted octanol–water partition coefficient (Wildman–Crippen LogP) is 3.94. The molecule has 1 saturated heterocycles. The van der Waals surface area contributed by atoms with Gasteiger partial charge in [-0.25, -0.2) is 4.79 Å². The summed E-state index contributed by atoms with van der Waals surface area (Å²) in [6.45, 7) is 2.58. The second-order valence-electron chi connectivity index (χ2n) is 8.02. The lowest BCUT2D eigenvalue weighted by atomic mass is 10.1. The molecule has 6 nitrogen and oxygen atoms in total. The molecule has 4 rings (SSSR count). The van der Waals surface area contributed by atoms with E-state index in [-0.39, 0.29) is 18.0 Å². The third-order valence-electron chi connectivity index (χ3n) is 5.57. The number of benzene rings is 3. The minimum absolute atomic E-state index is 0.0484. The van der Waals surface area contributed by atoms with Crippen LogP contribution >= 0.6 is 0 Å². The first-order chi connectivity index (χ1) is 15.7. The highest BCUT2D eigenvalue weighted by atomic mass is 16.2. The van der Waals surface area contributed by atoms with Crippen LogP contribution in [-0.2, 0) is 11.3 Å². The fraction of sp³-hybridized carbons (Fsp3) is 0.231. The summed E-state index contributed by atoms with van der Waals surface area (Å²) in [5.41, 5.74) is 2.68. The molecule has 0 saturated carbocycles. The van der Waals surface area contributed by atoms with Crippen molar-refractivity contribution in [1.29, 1.82) is 0 Å². The summed E-state index contributed by atoms with van der Waals surface area (Å²) in [6, 6.07) is 27.8. The van der Waals surface area contributed by atoms with Gasteiger partial charge in [-0.1, -0.05) is 78.9 Å². The maximum atomic E-state index is 13.0. The fourth-order valence-electron chi connectivity index (χ4n) is 3.98. The quantitative estimate of drug-likeness (QED) is 0.534. The smallest absolute Gasteiger partial charge is 0.315 e. The minimum Gasteiger partial charge on any atom is -0.334 e. The largest absolute Gasteiger partial charge is 0.334 e. The van der Waals surface area contributed by atoms with Gasteiger partial charge in [0.15, 0.2) is 0 Å². The number of carbonyl (C=O) groups is 2. The van der Waals surface area contributed by atoms with Gasteiger partial charge in [0, 0.05) is 31.4 Å². The molecule has 2 unspecified atom stereocenters. The van der Waals surface area contributed by atoms with E-state index in [0.717, 1.165) is 31.6 Å². The SMILES string of the molecule is O=C(NC1CCN(Cc2ccccc2)C1)NC(C(=O)Nc1ccccc1)c1ccccc1. The Morgan fingerprint density at radius 3 is 2.19 bits per heavy atom. The summed E-state index contributed by atoms with van der Waals surface area (Å²) >= 11 is 0. The zero-order valence-electron chi connectivity index (χ0n) is 17.9. The molecule has 3 aromatic carbocycles. The Morgan fingerprint density at radius 1 is 0.875 bits per heavy atom. The number of nitrogens with zero attached hydrogens (tertiary/aromatic N) is 1. The van der Waals surface area contributed by atoms with Crippen molar-refractivity contribution in [3.05, 3.63) is 102 Å². The van der Waals surface area contributed by atoms with Gasteiger partial charge < -0.3 is 16.0 Å². The highest BCUT2D eigenvalue weighted by molar-refractivity contribution is 5.97. The van der Waals surface area contributed by atoms with E-state index in [1.54, 1.807) is 0 Å². The number of likely N-dealkylation sites (tertiary alicyclic amines) is 1. The predicted molar refractivity (Wildman–Crippen MR) is 126 cm³/mol. The van der Waals surface area contributed by atoms with E-state index in [1.165, 1.54) is 5.56 Å². The van der Waals surface area contributed by atoms with Gasteiger partial charge in [-0.2, -0.15) is 0 Å². The van der Waals surface area contributed by atoms with Gasteiger partial charge in [0.1, 0.15) is 6.04 Å². The van der Waals surface area contributed by atoms with Gasteiger partial charge in [-0.15, -0.1) is 0 Å². The van der Waals surface area contributed by atoms with Crippen molar-refractivity contribution < 1.29 is 9.59 Å². The second-order valence-corrected chi connectivity index (χ2v) is 8.02. The molecule has 0 aliphatic carbocycles. The molecule has 0 spiro atoms. The van der Waals surface area contributed by atoms with E-state index in [4.69, 9.17) is 0 Å². The summed E-state index contributed by atoms with van der Waals surface area (Å²) in [5.74, 6) is -0.283. The van der Waals surface area contributed by atoms with Gasteiger partial charge in [0.05, 0.1) is 0 Å². The minimum atomic E-state index is -0.793. The molecule has 6 heteroatoms. The van der Waals surface area contributed by atoms with Crippen molar-refractivity contribution in [3.8, 4) is 0 Å². The van der Waals surface area contributed by atoms with Gasteiger partial charge in [0.25, 0.3) is 5.91 Å². The summed E-state index contributed by atoms with van der Waals surface area (Å²) < 4.78 is 0. The number of para-hydroxylation sites is 1. The number of amides is 3. The van der Waals surface area contributed by atoms with E-state index in [0.29, 0.717) is 5.69 Å². The van der Waals surface area contributed by atoms with Crippen molar-refractivity contribution in [2.24, 2.45) is 0 Å². The van der Waals surface area contributed by atoms with Gasteiger partial charge >= 0.3 is 6.03 Å². The Balaban J connectivity index is 1.35. The van der Waals surface area contributed by atoms with E-state index in [9.17, 15) is 9.59 Å². The summed E-state index contributed by atoms with van der Waals surface area (Å²) in [6.07, 6.45) is 0.881. The van der Waals surface area contributed by atoms with Crippen molar-refractivity contribution in [2.75, 3.05) is 18.4 Å². The molecule has 1 heterocycles. The average Bonchev–Trinajstić information content (AvgIpc) is 3.25. The Bertz CT molecular complexity index is 1010. The van der Waals surface area contributed by atoms with Crippen LogP contribution in [0, 0.1) is 0 Å². The van der Waals surface area contributed by atoms with Crippen LogP contribution in [0.3, 0.4) is 0 Å².